The van der Waals surface area contributed by atoms with Gasteiger partial charge in [0.25, 0.3) is 0 Å². The van der Waals surface area contributed by atoms with Crippen molar-refractivity contribution in [1.29, 1.82) is 0 Å². The van der Waals surface area contributed by atoms with Crippen molar-refractivity contribution < 1.29 is 0 Å². The zero-order chi connectivity index (χ0) is 14.1. The van der Waals surface area contributed by atoms with Gasteiger partial charge in [0.2, 0.25) is 0 Å². The topological polar surface area (TPSA) is 9.72 Å². The second-order valence-corrected chi connectivity index (χ2v) is 6.63. The molecule has 0 aliphatic carbocycles. The van der Waals surface area contributed by atoms with Crippen LogP contribution in [0.15, 0.2) is 24.3 Å². The first kappa shape index (κ1) is 13.9. The van der Waals surface area contributed by atoms with Crippen LogP contribution in [0.1, 0.15) is 25.3 Å². The van der Waals surface area contributed by atoms with E-state index in [9.17, 15) is 0 Å². The molecule has 2 saturated heterocycles. The maximum Gasteiger partial charge on any atom is 0.0361 e. The van der Waals surface area contributed by atoms with Crippen LogP contribution >= 0.6 is 0 Å². The van der Waals surface area contributed by atoms with E-state index in [1.54, 1.807) is 0 Å². The quantitative estimate of drug-likeness (QED) is 0.837. The molecule has 0 radical (unpaired) electrons. The summed E-state index contributed by atoms with van der Waals surface area (Å²) in [7, 11) is 4.19. The van der Waals surface area contributed by atoms with Gasteiger partial charge in [-0.25, -0.2) is 0 Å². The first-order chi connectivity index (χ1) is 9.63. The van der Waals surface area contributed by atoms with Crippen LogP contribution in [0.2, 0.25) is 0 Å². The fraction of sp³-hybridized carbons (Fsp3) is 0.647. The largest absolute Gasteiger partial charge is 0.378 e. The normalized spacial score (nSPS) is 27.6. The van der Waals surface area contributed by atoms with Gasteiger partial charge in [0.1, 0.15) is 0 Å². The molecule has 0 amide bonds. The lowest BCUT2D eigenvalue weighted by molar-refractivity contribution is 0.0540. The second-order valence-electron chi connectivity index (χ2n) is 6.63. The predicted molar refractivity (Wildman–Crippen MR) is 85.2 cm³/mol. The van der Waals surface area contributed by atoms with Crippen molar-refractivity contribution >= 4 is 5.69 Å². The number of hydrogen-bond acceptors (Lipinski definition) is 3. The first-order valence-electron chi connectivity index (χ1n) is 7.88. The highest BCUT2D eigenvalue weighted by atomic mass is 15.3. The fourth-order valence-corrected chi connectivity index (χ4v) is 3.60. The summed E-state index contributed by atoms with van der Waals surface area (Å²) in [6.07, 6.45) is 2.78. The van der Waals surface area contributed by atoms with Crippen molar-refractivity contribution in [3.63, 3.8) is 0 Å². The summed E-state index contributed by atoms with van der Waals surface area (Å²) in [5.41, 5.74) is 2.72. The van der Waals surface area contributed by atoms with Crippen LogP contribution in [-0.4, -0.2) is 55.6 Å². The van der Waals surface area contributed by atoms with E-state index >= 15 is 0 Å². The molecule has 0 spiro atoms. The predicted octanol–water partition coefficient (Wildman–Crippen LogP) is 2.42. The number of nitrogens with zero attached hydrogens (tertiary/aromatic N) is 3. The highest BCUT2D eigenvalue weighted by molar-refractivity contribution is 5.45. The standard InChI is InChI=1S/C17H27N3/c1-14-11-19-10-4-5-17(19)13-20(14)12-15-6-8-16(9-7-15)18(2)3/h6-9,14,17H,4-5,10-13H2,1-3H3/t14-,17+/m1/s1. The summed E-state index contributed by atoms with van der Waals surface area (Å²) in [5.74, 6) is 0. The van der Waals surface area contributed by atoms with E-state index in [-0.39, 0.29) is 0 Å². The van der Waals surface area contributed by atoms with Crippen LogP contribution in [0.3, 0.4) is 0 Å². The van der Waals surface area contributed by atoms with Crippen molar-refractivity contribution in [3.05, 3.63) is 29.8 Å². The molecule has 0 unspecified atom stereocenters. The third-order valence-corrected chi connectivity index (χ3v) is 4.90. The Morgan fingerprint density at radius 1 is 1.15 bits per heavy atom. The maximum atomic E-state index is 2.69. The summed E-state index contributed by atoms with van der Waals surface area (Å²) in [5, 5.41) is 0. The Kier molecular flexibility index (Phi) is 3.99. The number of rotatable bonds is 3. The number of piperazine rings is 1. The lowest BCUT2D eigenvalue weighted by Gasteiger charge is -2.42. The Balaban J connectivity index is 1.64. The smallest absolute Gasteiger partial charge is 0.0361 e. The second kappa shape index (κ2) is 5.74. The molecular weight excluding hydrogens is 246 g/mol. The minimum absolute atomic E-state index is 0.679. The number of hydrogen-bond donors (Lipinski definition) is 0. The first-order valence-corrected chi connectivity index (χ1v) is 7.88. The summed E-state index contributed by atoms with van der Waals surface area (Å²) >= 11 is 0. The van der Waals surface area contributed by atoms with Gasteiger partial charge in [-0.15, -0.1) is 0 Å². The van der Waals surface area contributed by atoms with Gasteiger partial charge in [-0.3, -0.25) is 9.80 Å². The van der Waals surface area contributed by atoms with E-state index in [4.69, 9.17) is 0 Å². The van der Waals surface area contributed by atoms with Gasteiger partial charge in [-0.05, 0) is 44.0 Å². The Hall–Kier alpha value is -1.06. The number of fused-ring (bicyclic) bond motifs is 1. The van der Waals surface area contributed by atoms with E-state index in [2.05, 4.69) is 60.0 Å². The van der Waals surface area contributed by atoms with Crippen LogP contribution in [0, 0.1) is 0 Å². The van der Waals surface area contributed by atoms with Crippen molar-refractivity contribution in [3.8, 4) is 0 Å². The van der Waals surface area contributed by atoms with E-state index in [1.807, 2.05) is 0 Å². The maximum absolute atomic E-state index is 2.69. The molecule has 0 bridgehead atoms. The third-order valence-electron chi connectivity index (χ3n) is 4.90. The Labute approximate surface area is 123 Å². The molecule has 3 rings (SSSR count). The van der Waals surface area contributed by atoms with Gasteiger partial charge in [0.15, 0.2) is 0 Å². The molecule has 2 heterocycles. The van der Waals surface area contributed by atoms with Crippen LogP contribution in [0.5, 0.6) is 0 Å². The zero-order valence-electron chi connectivity index (χ0n) is 13.0. The minimum Gasteiger partial charge on any atom is -0.378 e. The van der Waals surface area contributed by atoms with Crippen molar-refractivity contribution in [2.75, 3.05) is 38.6 Å². The van der Waals surface area contributed by atoms with Gasteiger partial charge in [0, 0.05) is 51.5 Å². The van der Waals surface area contributed by atoms with Crippen LogP contribution in [0.25, 0.3) is 0 Å². The lowest BCUT2D eigenvalue weighted by Crippen LogP contribution is -2.54. The minimum atomic E-state index is 0.679. The van der Waals surface area contributed by atoms with Crippen molar-refractivity contribution in [2.45, 2.75) is 38.4 Å². The van der Waals surface area contributed by atoms with Gasteiger partial charge in [-0.1, -0.05) is 12.1 Å². The molecular formula is C17H27N3. The summed E-state index contributed by atoms with van der Waals surface area (Å²) in [6, 6.07) is 10.5. The molecule has 2 aliphatic heterocycles. The number of benzene rings is 1. The van der Waals surface area contributed by atoms with Gasteiger partial charge in [0.05, 0.1) is 0 Å². The molecule has 1 aromatic rings. The molecule has 2 aliphatic rings. The molecule has 1 aromatic carbocycles. The molecule has 0 aromatic heterocycles. The monoisotopic (exact) mass is 273 g/mol. The SMILES string of the molecule is C[C@@H]1CN2CCC[C@H]2CN1Cc1ccc(N(C)C)cc1. The lowest BCUT2D eigenvalue weighted by atomic mass is 10.1. The van der Waals surface area contributed by atoms with E-state index in [1.165, 1.54) is 43.7 Å². The van der Waals surface area contributed by atoms with E-state index < -0.39 is 0 Å². The molecule has 3 heteroatoms. The van der Waals surface area contributed by atoms with E-state index in [0.717, 1.165) is 12.6 Å². The molecule has 2 fully saturated rings. The molecule has 2 atom stereocenters. The van der Waals surface area contributed by atoms with Crippen molar-refractivity contribution in [1.82, 2.24) is 9.80 Å². The highest BCUT2D eigenvalue weighted by Crippen LogP contribution is 2.26. The average molecular weight is 273 g/mol. The van der Waals surface area contributed by atoms with E-state index in [0.29, 0.717) is 6.04 Å². The third kappa shape index (κ3) is 2.84. The van der Waals surface area contributed by atoms with Crippen LogP contribution in [-0.2, 0) is 6.54 Å². The van der Waals surface area contributed by atoms with Gasteiger partial charge >= 0.3 is 0 Å². The Morgan fingerprint density at radius 2 is 1.90 bits per heavy atom. The van der Waals surface area contributed by atoms with Gasteiger partial charge in [-0.2, -0.15) is 0 Å². The fourth-order valence-electron chi connectivity index (χ4n) is 3.60. The average Bonchev–Trinajstić information content (AvgIpc) is 2.87. The zero-order valence-corrected chi connectivity index (χ0v) is 13.0. The molecule has 20 heavy (non-hydrogen) atoms. The molecule has 0 N–H and O–H groups in total. The Morgan fingerprint density at radius 3 is 2.60 bits per heavy atom. The van der Waals surface area contributed by atoms with Crippen LogP contribution in [0.4, 0.5) is 5.69 Å². The van der Waals surface area contributed by atoms with Gasteiger partial charge < -0.3 is 4.90 Å². The van der Waals surface area contributed by atoms with Crippen molar-refractivity contribution in [2.24, 2.45) is 0 Å². The number of anilines is 1. The summed E-state index contributed by atoms with van der Waals surface area (Å²) < 4.78 is 0. The molecule has 0 saturated carbocycles. The molecule has 110 valence electrons. The van der Waals surface area contributed by atoms with Crippen LogP contribution < -0.4 is 4.90 Å². The Bertz CT molecular complexity index is 440. The highest BCUT2D eigenvalue weighted by Gasteiger charge is 2.34. The molecule has 3 nitrogen and oxygen atoms in total. The summed E-state index contributed by atoms with van der Waals surface area (Å²) in [4.78, 5) is 7.51. The summed E-state index contributed by atoms with van der Waals surface area (Å²) in [6.45, 7) is 7.29.